The molecule has 3 aromatic rings. The molecule has 1 amide bonds. The second-order valence-corrected chi connectivity index (χ2v) is 7.11. The van der Waals surface area contributed by atoms with E-state index in [9.17, 15) is 9.90 Å². The number of nitrogen functional groups attached to an aromatic ring is 1. The highest BCUT2D eigenvalue weighted by molar-refractivity contribution is 5.90. The summed E-state index contributed by atoms with van der Waals surface area (Å²) in [6.45, 7) is 2.47. The number of likely N-dealkylation sites (tertiary alicyclic amines) is 1. The average molecular weight is 387 g/mol. The van der Waals surface area contributed by atoms with E-state index in [4.69, 9.17) is 5.73 Å². The van der Waals surface area contributed by atoms with Crippen molar-refractivity contribution in [3.8, 4) is 23.1 Å². The Balaban J connectivity index is 1.69. The first-order valence-corrected chi connectivity index (χ1v) is 9.44. The van der Waals surface area contributed by atoms with E-state index >= 15 is 0 Å². The van der Waals surface area contributed by atoms with Gasteiger partial charge in [-0.25, -0.2) is 15.0 Å². The standard InChI is InChI=1S/C22H21N5O2/c1-3-18-24-17-8-7-16(25-19(17)20(23)26-18)15-6-4-5-14(13-15)9-10-22(29)11-12-27(2)21(22)28/h4-8,13,29H,3,11-12H2,1-2H3,(H2,23,24,26). The van der Waals surface area contributed by atoms with E-state index in [0.29, 0.717) is 47.6 Å². The van der Waals surface area contributed by atoms with Gasteiger partial charge in [0.2, 0.25) is 5.60 Å². The molecule has 1 fully saturated rings. The van der Waals surface area contributed by atoms with Gasteiger partial charge in [0.25, 0.3) is 5.91 Å². The zero-order valence-electron chi connectivity index (χ0n) is 16.3. The molecule has 0 bridgehead atoms. The van der Waals surface area contributed by atoms with Crippen LogP contribution in [0.2, 0.25) is 0 Å². The summed E-state index contributed by atoms with van der Waals surface area (Å²) in [4.78, 5) is 26.9. The minimum atomic E-state index is -1.62. The number of nitrogens with zero attached hydrogens (tertiary/aromatic N) is 4. The number of aryl methyl sites for hydroxylation is 1. The van der Waals surface area contributed by atoms with Crippen LogP contribution in [0.25, 0.3) is 22.3 Å². The number of anilines is 1. The fourth-order valence-electron chi connectivity index (χ4n) is 3.31. The first-order valence-electron chi connectivity index (χ1n) is 9.44. The van der Waals surface area contributed by atoms with Crippen LogP contribution in [0.15, 0.2) is 36.4 Å². The van der Waals surface area contributed by atoms with E-state index in [2.05, 4.69) is 26.8 Å². The van der Waals surface area contributed by atoms with Gasteiger partial charge in [0.15, 0.2) is 5.82 Å². The molecule has 1 atom stereocenters. The predicted octanol–water partition coefficient (Wildman–Crippen LogP) is 1.78. The third-order valence-electron chi connectivity index (χ3n) is 5.01. The maximum absolute atomic E-state index is 12.1. The zero-order chi connectivity index (χ0) is 20.6. The molecule has 1 unspecified atom stereocenters. The van der Waals surface area contributed by atoms with Crippen molar-refractivity contribution >= 4 is 22.8 Å². The average Bonchev–Trinajstić information content (AvgIpc) is 3.00. The van der Waals surface area contributed by atoms with Gasteiger partial charge in [-0.15, -0.1) is 0 Å². The van der Waals surface area contributed by atoms with Crippen LogP contribution in [-0.4, -0.2) is 50.1 Å². The number of carbonyl (C=O) groups excluding carboxylic acids is 1. The van der Waals surface area contributed by atoms with Crippen molar-refractivity contribution in [3.05, 3.63) is 47.8 Å². The molecular weight excluding hydrogens is 366 g/mol. The number of hydrogen-bond acceptors (Lipinski definition) is 6. The SMILES string of the molecule is CCc1nc(N)c2nc(-c3cccc(C#CC4(O)CCN(C)C4=O)c3)ccc2n1. The van der Waals surface area contributed by atoms with Gasteiger partial charge in [-0.2, -0.15) is 0 Å². The number of hydrogen-bond donors (Lipinski definition) is 2. The second kappa shape index (κ2) is 7.15. The first-order chi connectivity index (χ1) is 13.9. The Labute approximate surface area is 168 Å². The zero-order valence-corrected chi connectivity index (χ0v) is 16.3. The Morgan fingerprint density at radius 1 is 1.24 bits per heavy atom. The summed E-state index contributed by atoms with van der Waals surface area (Å²) in [5.74, 6) is 6.35. The Morgan fingerprint density at radius 3 is 2.79 bits per heavy atom. The predicted molar refractivity (Wildman–Crippen MR) is 111 cm³/mol. The van der Waals surface area contributed by atoms with Crippen molar-refractivity contribution in [1.82, 2.24) is 19.9 Å². The molecule has 2 aromatic heterocycles. The van der Waals surface area contributed by atoms with Crippen LogP contribution < -0.4 is 5.73 Å². The van der Waals surface area contributed by atoms with Gasteiger partial charge in [0.1, 0.15) is 11.3 Å². The highest BCUT2D eigenvalue weighted by Crippen LogP contribution is 2.24. The smallest absolute Gasteiger partial charge is 0.267 e. The number of likely N-dealkylation sites (N-methyl/N-ethyl adjacent to an activating group) is 1. The quantitative estimate of drug-likeness (QED) is 0.650. The third-order valence-corrected chi connectivity index (χ3v) is 5.01. The number of nitrogens with two attached hydrogens (primary N) is 1. The van der Waals surface area contributed by atoms with Crippen LogP contribution in [0, 0.1) is 11.8 Å². The van der Waals surface area contributed by atoms with Crippen molar-refractivity contribution in [2.75, 3.05) is 19.3 Å². The summed E-state index contributed by atoms with van der Waals surface area (Å²) in [5.41, 5.74) is 7.97. The molecule has 0 saturated carbocycles. The summed E-state index contributed by atoms with van der Waals surface area (Å²) in [6, 6.07) is 11.2. The van der Waals surface area contributed by atoms with Gasteiger partial charge in [0, 0.05) is 37.6 Å². The van der Waals surface area contributed by atoms with E-state index < -0.39 is 5.60 Å². The lowest BCUT2D eigenvalue weighted by Crippen LogP contribution is -2.37. The molecule has 146 valence electrons. The van der Waals surface area contributed by atoms with Gasteiger partial charge in [-0.3, -0.25) is 4.79 Å². The highest BCUT2D eigenvalue weighted by atomic mass is 16.3. The Bertz CT molecular complexity index is 1180. The minimum absolute atomic E-state index is 0.306. The number of rotatable bonds is 2. The van der Waals surface area contributed by atoms with Crippen LogP contribution >= 0.6 is 0 Å². The lowest BCUT2D eigenvalue weighted by Gasteiger charge is -2.13. The van der Waals surface area contributed by atoms with Crippen LogP contribution in [0.5, 0.6) is 0 Å². The maximum atomic E-state index is 12.1. The molecule has 1 saturated heterocycles. The Kier molecular flexibility index (Phi) is 4.65. The largest absolute Gasteiger partial charge is 0.382 e. The van der Waals surface area contributed by atoms with Crippen LogP contribution in [0.4, 0.5) is 5.82 Å². The van der Waals surface area contributed by atoms with Gasteiger partial charge < -0.3 is 15.7 Å². The summed E-state index contributed by atoms with van der Waals surface area (Å²) < 4.78 is 0. The number of benzene rings is 1. The summed E-state index contributed by atoms with van der Waals surface area (Å²) in [7, 11) is 1.66. The maximum Gasteiger partial charge on any atom is 0.267 e. The molecule has 3 N–H and O–H groups in total. The van der Waals surface area contributed by atoms with Gasteiger partial charge in [0.05, 0.1) is 11.2 Å². The van der Waals surface area contributed by atoms with Crippen molar-refractivity contribution in [2.45, 2.75) is 25.4 Å². The molecule has 4 rings (SSSR count). The molecular formula is C22H21N5O2. The molecule has 29 heavy (non-hydrogen) atoms. The highest BCUT2D eigenvalue weighted by Gasteiger charge is 2.42. The molecule has 7 nitrogen and oxygen atoms in total. The third kappa shape index (κ3) is 3.50. The molecule has 7 heteroatoms. The van der Waals surface area contributed by atoms with Crippen molar-refractivity contribution in [3.63, 3.8) is 0 Å². The molecule has 1 aromatic carbocycles. The van der Waals surface area contributed by atoms with Gasteiger partial charge >= 0.3 is 0 Å². The summed E-state index contributed by atoms with van der Waals surface area (Å²) in [6.07, 6.45) is 1.01. The van der Waals surface area contributed by atoms with Gasteiger partial charge in [-0.1, -0.05) is 30.9 Å². The fourth-order valence-corrected chi connectivity index (χ4v) is 3.31. The first kappa shape index (κ1) is 18.8. The van der Waals surface area contributed by atoms with E-state index in [1.807, 2.05) is 43.3 Å². The molecule has 3 heterocycles. The molecule has 0 radical (unpaired) electrons. The number of carbonyl (C=O) groups is 1. The Morgan fingerprint density at radius 2 is 2.07 bits per heavy atom. The van der Waals surface area contributed by atoms with E-state index in [1.54, 1.807) is 7.05 Å². The molecule has 1 aliphatic rings. The number of amides is 1. The van der Waals surface area contributed by atoms with Crippen molar-refractivity contribution < 1.29 is 9.90 Å². The normalized spacial score (nSPS) is 18.7. The number of aromatic nitrogens is 3. The number of pyridine rings is 1. The van der Waals surface area contributed by atoms with Gasteiger partial charge in [-0.05, 0) is 24.3 Å². The molecule has 0 spiro atoms. The lowest BCUT2D eigenvalue weighted by atomic mass is 10.0. The second-order valence-electron chi connectivity index (χ2n) is 7.11. The lowest BCUT2D eigenvalue weighted by molar-refractivity contribution is -0.137. The van der Waals surface area contributed by atoms with E-state index in [-0.39, 0.29) is 5.91 Å². The number of fused-ring (bicyclic) bond motifs is 1. The van der Waals surface area contributed by atoms with E-state index in [0.717, 1.165) is 11.3 Å². The monoisotopic (exact) mass is 387 g/mol. The van der Waals surface area contributed by atoms with Crippen LogP contribution in [0.3, 0.4) is 0 Å². The van der Waals surface area contributed by atoms with Crippen LogP contribution in [0.1, 0.15) is 24.7 Å². The van der Waals surface area contributed by atoms with Crippen LogP contribution in [-0.2, 0) is 11.2 Å². The molecule has 1 aliphatic heterocycles. The van der Waals surface area contributed by atoms with Crippen molar-refractivity contribution in [2.24, 2.45) is 0 Å². The topological polar surface area (TPSA) is 105 Å². The van der Waals surface area contributed by atoms with E-state index in [1.165, 1.54) is 4.90 Å². The minimum Gasteiger partial charge on any atom is -0.382 e. The van der Waals surface area contributed by atoms with Crippen molar-refractivity contribution in [1.29, 1.82) is 0 Å². The fraction of sp³-hybridized carbons (Fsp3) is 0.273. The summed E-state index contributed by atoms with van der Waals surface area (Å²) >= 11 is 0. The molecule has 0 aliphatic carbocycles. The number of aliphatic hydroxyl groups is 1. The summed E-state index contributed by atoms with van der Waals surface area (Å²) in [5, 5.41) is 10.5. The Hall–Kier alpha value is -3.50.